The molecule has 7 nitrogen and oxygen atoms in total. The lowest BCUT2D eigenvalue weighted by atomic mass is 9.88. The molecule has 0 fully saturated rings. The van der Waals surface area contributed by atoms with Crippen LogP contribution in [0.25, 0.3) is 16.8 Å². The number of unbranched alkanes of at least 4 members (excludes halogenated alkanes) is 1. The zero-order valence-corrected chi connectivity index (χ0v) is 17.5. The number of imidazole rings is 1. The molecule has 2 aromatic carbocycles. The molecule has 0 radical (unpaired) electrons. The molecular weight excluding hydrogens is 402 g/mol. The Balaban J connectivity index is 1.49. The average molecular weight is 427 g/mol. The smallest absolute Gasteiger partial charge is 0.289 e. The number of carbonyl (C=O) groups is 1. The molecule has 0 amide bonds. The third-order valence-corrected chi connectivity index (χ3v) is 6.17. The molecule has 1 aliphatic carbocycles. The summed E-state index contributed by atoms with van der Waals surface area (Å²) >= 11 is 0. The molecule has 2 N–H and O–H groups in total. The molecule has 0 saturated heterocycles. The maximum atomic E-state index is 13.0. The predicted molar refractivity (Wildman–Crippen MR) is 116 cm³/mol. The van der Waals surface area contributed by atoms with Gasteiger partial charge in [-0.05, 0) is 29.9 Å². The van der Waals surface area contributed by atoms with E-state index in [4.69, 9.17) is 4.55 Å². The zero-order valence-electron chi connectivity index (χ0n) is 16.7. The molecule has 4 rings (SSSR count). The third-order valence-electron chi connectivity index (χ3n) is 5.37. The van der Waals surface area contributed by atoms with Crippen LogP contribution in [0.3, 0.4) is 0 Å². The number of carbonyl (C=O) groups excluding carboxylic acids is 1. The number of hydrogen-bond donors (Lipinski definition) is 2. The van der Waals surface area contributed by atoms with Crippen molar-refractivity contribution >= 4 is 38.7 Å². The van der Waals surface area contributed by atoms with Crippen LogP contribution in [-0.4, -0.2) is 35.6 Å². The highest BCUT2D eigenvalue weighted by Gasteiger charge is 2.23. The van der Waals surface area contributed by atoms with Gasteiger partial charge in [-0.3, -0.25) is 14.7 Å². The van der Waals surface area contributed by atoms with Crippen LogP contribution >= 0.6 is 0 Å². The van der Waals surface area contributed by atoms with E-state index in [1.165, 1.54) is 0 Å². The predicted octanol–water partition coefficient (Wildman–Crippen LogP) is 2.83. The molecule has 8 heteroatoms. The first-order chi connectivity index (χ1) is 14.3. The number of aromatic nitrogens is 2. The summed E-state index contributed by atoms with van der Waals surface area (Å²) in [6.45, 7) is 0.986. The van der Waals surface area contributed by atoms with Crippen LogP contribution in [0, 0.1) is 0 Å². The van der Waals surface area contributed by atoms with E-state index in [0.717, 1.165) is 27.8 Å². The topological polar surface area (TPSA) is 92.3 Å². The number of ketones is 1. The minimum atomic E-state index is -3.93. The lowest BCUT2D eigenvalue weighted by Gasteiger charge is -2.16. The van der Waals surface area contributed by atoms with Gasteiger partial charge in [0.15, 0.2) is 5.78 Å². The van der Waals surface area contributed by atoms with Crippen LogP contribution in [0.1, 0.15) is 28.8 Å². The Morgan fingerprint density at radius 3 is 2.67 bits per heavy atom. The van der Waals surface area contributed by atoms with Crippen LogP contribution in [0.2, 0.25) is 0 Å². The molecule has 156 valence electrons. The lowest BCUT2D eigenvalue weighted by Crippen LogP contribution is -2.32. The molecule has 0 unspecified atom stereocenters. The number of rotatable bonds is 8. The van der Waals surface area contributed by atoms with Crippen LogP contribution in [-0.2, 0) is 23.7 Å². The molecule has 30 heavy (non-hydrogen) atoms. The number of nitrogens with zero attached hydrogens (tertiary/aromatic N) is 2. The first kappa shape index (κ1) is 20.3. The average Bonchev–Trinajstić information content (AvgIpc) is 3.06. The Hall–Kier alpha value is -2.97. The highest BCUT2D eigenvalue weighted by Crippen LogP contribution is 2.31. The summed E-state index contributed by atoms with van der Waals surface area (Å²) in [5.74, 6) is 0.614. The van der Waals surface area contributed by atoms with Crippen molar-refractivity contribution in [2.24, 2.45) is 7.05 Å². The first-order valence-corrected chi connectivity index (χ1v) is 11.5. The zero-order chi connectivity index (χ0) is 21.3. The van der Waals surface area contributed by atoms with Gasteiger partial charge in [0.2, 0.25) is 0 Å². The number of aryl methyl sites for hydroxylation is 2. The maximum Gasteiger partial charge on any atom is 0.357 e. The summed E-state index contributed by atoms with van der Waals surface area (Å²) in [6.07, 6.45) is 6.75. The molecule has 3 aromatic rings. The summed E-state index contributed by atoms with van der Waals surface area (Å²) in [5.41, 5.74) is 2.47. The van der Waals surface area contributed by atoms with E-state index in [-0.39, 0.29) is 11.5 Å². The van der Waals surface area contributed by atoms with Crippen molar-refractivity contribution in [3.05, 3.63) is 65.5 Å². The fraction of sp³-hybridized carbons (Fsp3) is 0.273. The van der Waals surface area contributed by atoms with Crippen molar-refractivity contribution in [2.75, 3.05) is 17.6 Å². The van der Waals surface area contributed by atoms with Gasteiger partial charge in [-0.2, -0.15) is 8.42 Å². The number of benzene rings is 2. The Bertz CT molecular complexity index is 1250. The second-order valence-electron chi connectivity index (χ2n) is 7.52. The van der Waals surface area contributed by atoms with E-state index >= 15 is 0 Å². The Morgan fingerprint density at radius 2 is 1.90 bits per heavy atom. The molecule has 0 aliphatic heterocycles. The van der Waals surface area contributed by atoms with Crippen LogP contribution in [0.4, 0.5) is 5.95 Å². The van der Waals surface area contributed by atoms with E-state index in [9.17, 15) is 13.2 Å². The van der Waals surface area contributed by atoms with E-state index in [0.29, 0.717) is 31.5 Å². The third kappa shape index (κ3) is 4.15. The summed E-state index contributed by atoms with van der Waals surface area (Å²) in [7, 11) is -2.02. The minimum Gasteiger partial charge on any atom is -0.289 e. The normalized spacial score (nSPS) is 13.5. The summed E-state index contributed by atoms with van der Waals surface area (Å²) in [5, 5.41) is 5.41. The number of anilines is 1. The van der Waals surface area contributed by atoms with E-state index in [1.54, 1.807) is 0 Å². The van der Waals surface area contributed by atoms with Gasteiger partial charge in [0.25, 0.3) is 10.1 Å². The molecule has 0 bridgehead atoms. The van der Waals surface area contributed by atoms with Gasteiger partial charge in [0, 0.05) is 16.5 Å². The Labute approximate surface area is 175 Å². The molecule has 1 aromatic heterocycles. The fourth-order valence-corrected chi connectivity index (χ4v) is 4.48. The lowest BCUT2D eigenvalue weighted by molar-refractivity contribution is -0.656. The Kier molecular flexibility index (Phi) is 5.44. The monoisotopic (exact) mass is 426 g/mol. The molecule has 0 atom stereocenters. The van der Waals surface area contributed by atoms with Gasteiger partial charge in [0.1, 0.15) is 0 Å². The summed E-state index contributed by atoms with van der Waals surface area (Å²) < 4.78 is 34.5. The van der Waals surface area contributed by atoms with Crippen LogP contribution in [0.5, 0.6) is 0 Å². The molecule has 1 heterocycles. The van der Waals surface area contributed by atoms with Gasteiger partial charge in [0.05, 0.1) is 38.3 Å². The minimum absolute atomic E-state index is 0.0284. The van der Waals surface area contributed by atoms with Gasteiger partial charge in [-0.25, -0.2) is 9.13 Å². The molecule has 0 spiro atoms. The van der Waals surface area contributed by atoms with Crippen molar-refractivity contribution < 1.29 is 22.3 Å². The Morgan fingerprint density at radius 1 is 1.13 bits per heavy atom. The number of Topliss-reactive ketones (excluding diaryl/α,β-unsaturated/α-hetero) is 1. The number of nitrogens with one attached hydrogen (secondary N) is 1. The number of hydrogen-bond acceptors (Lipinski definition) is 4. The second kappa shape index (κ2) is 8.04. The maximum absolute atomic E-state index is 13.0. The van der Waals surface area contributed by atoms with Gasteiger partial charge < -0.3 is 0 Å². The molecule has 0 saturated carbocycles. The van der Waals surface area contributed by atoms with Crippen molar-refractivity contribution in [2.45, 2.75) is 19.4 Å². The van der Waals surface area contributed by atoms with Crippen molar-refractivity contribution in [1.29, 1.82) is 0 Å². The van der Waals surface area contributed by atoms with Crippen molar-refractivity contribution in [3.8, 4) is 0 Å². The van der Waals surface area contributed by atoms with E-state index in [1.807, 2.05) is 71.0 Å². The van der Waals surface area contributed by atoms with Crippen LogP contribution in [0.15, 0.2) is 54.4 Å². The quantitative estimate of drug-likeness (QED) is 0.328. The first-order valence-electron chi connectivity index (χ1n) is 9.84. The largest absolute Gasteiger partial charge is 0.357 e. The summed E-state index contributed by atoms with van der Waals surface area (Å²) in [6, 6.07) is 11.8. The standard InChI is InChI=1S/C22H23N3O4S/c1-24-11-12-25(10-2-3-13-30(27,28)29)22(24)23-15-18-14-17-8-4-6-16-7-5-9-19(20(16)17)21(18)26/h4-9,11-12,14H,2-3,10,13,15H2,1H3,(H,27,28,29)/p+1. The molecular formula is C22H24N3O4S+. The highest BCUT2D eigenvalue weighted by molar-refractivity contribution is 7.85. The van der Waals surface area contributed by atoms with Gasteiger partial charge in [-0.1, -0.05) is 36.4 Å². The van der Waals surface area contributed by atoms with Crippen molar-refractivity contribution in [3.63, 3.8) is 0 Å². The van der Waals surface area contributed by atoms with E-state index < -0.39 is 10.1 Å². The molecule has 1 aliphatic rings. The van der Waals surface area contributed by atoms with E-state index in [2.05, 4.69) is 5.32 Å². The summed E-state index contributed by atoms with van der Waals surface area (Å²) in [4.78, 5) is 13.0. The van der Waals surface area contributed by atoms with Gasteiger partial charge >= 0.3 is 5.95 Å². The van der Waals surface area contributed by atoms with Crippen molar-refractivity contribution in [1.82, 2.24) is 4.57 Å². The highest BCUT2D eigenvalue weighted by atomic mass is 32.2. The SMILES string of the molecule is C[n+]1ccn(CCCCS(=O)(=O)O)c1NCC1=Cc2cccc3cccc(c23)C1=O. The van der Waals surface area contributed by atoms with Gasteiger partial charge in [-0.15, -0.1) is 0 Å². The second-order valence-corrected chi connectivity index (χ2v) is 9.09. The fourth-order valence-electron chi connectivity index (χ4n) is 3.91. The van der Waals surface area contributed by atoms with Crippen LogP contribution < -0.4 is 9.88 Å².